The molecule has 2 N–H and O–H groups in total. The van der Waals surface area contributed by atoms with Gasteiger partial charge in [0.1, 0.15) is 0 Å². The quantitative estimate of drug-likeness (QED) is 0.381. The van der Waals surface area contributed by atoms with E-state index in [1.165, 1.54) is 13.3 Å². The average molecular weight is 587 g/mol. The van der Waals surface area contributed by atoms with Gasteiger partial charge in [-0.15, -0.1) is 0 Å². The molecule has 1 aromatic carbocycles. The van der Waals surface area contributed by atoms with Gasteiger partial charge in [-0.05, 0) is 68.1 Å². The minimum Gasteiger partial charge on any atom is -0.481 e. The number of hydrogen-bond donors (Lipinski definition) is 2. The van der Waals surface area contributed by atoms with E-state index >= 15 is 0 Å². The molecule has 0 unspecified atom stereocenters. The molecule has 1 aliphatic heterocycles. The molecule has 2 fully saturated rings. The van der Waals surface area contributed by atoms with Gasteiger partial charge in [0.05, 0.1) is 29.2 Å². The first-order valence-corrected chi connectivity index (χ1v) is 13.4. The number of pyridine rings is 1. The van der Waals surface area contributed by atoms with Gasteiger partial charge in [-0.25, -0.2) is 4.98 Å². The van der Waals surface area contributed by atoms with Gasteiger partial charge in [-0.1, -0.05) is 12.8 Å². The van der Waals surface area contributed by atoms with Gasteiger partial charge in [0.15, 0.2) is 0 Å². The molecule has 1 aliphatic carbocycles. The predicted molar refractivity (Wildman–Crippen MR) is 137 cm³/mol. The number of methoxy groups -OCH3 is 1. The molecule has 0 radical (unpaired) electrons. The molecule has 1 saturated carbocycles. The number of nitrogens with one attached hydrogen (secondary N) is 2. The maximum Gasteiger partial charge on any atom is 0.416 e. The summed E-state index contributed by atoms with van der Waals surface area (Å²) in [5, 5.41) is 5.47. The molecule has 1 aromatic heterocycles. The highest BCUT2D eigenvalue weighted by atomic mass is 19.4. The van der Waals surface area contributed by atoms with Crippen molar-refractivity contribution in [2.75, 3.05) is 33.3 Å². The van der Waals surface area contributed by atoms with Crippen molar-refractivity contribution in [3.63, 3.8) is 0 Å². The van der Waals surface area contributed by atoms with Crippen LogP contribution < -0.4 is 15.4 Å². The van der Waals surface area contributed by atoms with Crippen molar-refractivity contribution in [1.82, 2.24) is 20.5 Å². The Kier molecular flexibility index (Phi) is 9.15. The lowest BCUT2D eigenvalue weighted by Crippen LogP contribution is -2.50. The van der Waals surface area contributed by atoms with Gasteiger partial charge in [-0.2, -0.15) is 26.3 Å². The number of alkyl halides is 6. The van der Waals surface area contributed by atoms with E-state index in [-0.39, 0.29) is 23.4 Å². The molecule has 0 bridgehead atoms. The normalized spacial score (nSPS) is 17.6. The summed E-state index contributed by atoms with van der Waals surface area (Å²) >= 11 is 0. The minimum atomic E-state index is -4.95. The maximum atomic E-state index is 13.4. The predicted octanol–water partition coefficient (Wildman–Crippen LogP) is 5.06. The summed E-state index contributed by atoms with van der Waals surface area (Å²) in [6.45, 7) is 1.64. The molecule has 4 rings (SSSR count). The second kappa shape index (κ2) is 12.3. The minimum absolute atomic E-state index is 0.0753. The fraction of sp³-hybridized carbons (Fsp3) is 0.536. The Hall–Kier alpha value is -3.35. The Balaban J connectivity index is 1.33. The highest BCUT2D eigenvalue weighted by Gasteiger charge is 2.45. The summed E-state index contributed by atoms with van der Waals surface area (Å²) in [6, 6.07) is 4.55. The highest BCUT2D eigenvalue weighted by Crippen LogP contribution is 2.46. The molecule has 2 heterocycles. The van der Waals surface area contributed by atoms with Crippen LogP contribution in [0.5, 0.6) is 5.88 Å². The number of amides is 2. The Morgan fingerprint density at radius 2 is 1.63 bits per heavy atom. The first-order valence-electron chi connectivity index (χ1n) is 13.4. The standard InChI is InChI=1S/C28H32F6N4O3/c1-41-23-5-4-20(17-36-23)24(39)35-8-11-38-9-6-26(7-10-38,15-18-2-3-18)25(40)37-16-19-12-21(27(29,30)31)14-22(13-19)28(32,33)34/h4-5,12-14,17-18H,2-3,6-11,15-16H2,1H3,(H,35,39)(H,37,40). The third kappa shape index (κ3) is 8.11. The van der Waals surface area contributed by atoms with Crippen molar-refractivity contribution in [1.29, 1.82) is 0 Å². The van der Waals surface area contributed by atoms with E-state index in [0.717, 1.165) is 12.8 Å². The molecule has 7 nitrogen and oxygen atoms in total. The van der Waals surface area contributed by atoms with Crippen LogP contribution in [0.15, 0.2) is 36.5 Å². The van der Waals surface area contributed by atoms with Crippen LogP contribution in [0.2, 0.25) is 0 Å². The van der Waals surface area contributed by atoms with Crippen LogP contribution in [0, 0.1) is 11.3 Å². The van der Waals surface area contributed by atoms with E-state index in [9.17, 15) is 35.9 Å². The van der Waals surface area contributed by atoms with Crippen molar-refractivity contribution in [3.05, 3.63) is 58.8 Å². The molecule has 224 valence electrons. The van der Waals surface area contributed by atoms with Crippen LogP contribution in [0.3, 0.4) is 0 Å². The number of halogens is 6. The third-order valence-corrected chi connectivity index (χ3v) is 7.69. The average Bonchev–Trinajstić information content (AvgIpc) is 3.75. The number of rotatable bonds is 10. The number of piperidine rings is 1. The fourth-order valence-corrected chi connectivity index (χ4v) is 5.16. The zero-order chi connectivity index (χ0) is 29.8. The van der Waals surface area contributed by atoms with E-state index in [1.807, 2.05) is 0 Å². The highest BCUT2D eigenvalue weighted by molar-refractivity contribution is 5.93. The molecule has 2 aromatic rings. The topological polar surface area (TPSA) is 83.6 Å². The molecule has 41 heavy (non-hydrogen) atoms. The number of likely N-dealkylation sites (tertiary alicyclic amines) is 1. The van der Waals surface area contributed by atoms with Gasteiger partial charge in [-0.3, -0.25) is 9.59 Å². The Bertz CT molecular complexity index is 1190. The number of benzene rings is 1. The monoisotopic (exact) mass is 586 g/mol. The molecule has 2 aliphatic rings. The molecular weight excluding hydrogens is 554 g/mol. The van der Waals surface area contributed by atoms with Crippen molar-refractivity contribution in [2.24, 2.45) is 11.3 Å². The van der Waals surface area contributed by atoms with Gasteiger partial charge in [0.25, 0.3) is 5.91 Å². The summed E-state index contributed by atoms with van der Waals surface area (Å²) in [5.74, 6) is 0.155. The van der Waals surface area contributed by atoms with Crippen LogP contribution in [0.4, 0.5) is 26.3 Å². The Labute approximate surface area is 233 Å². The van der Waals surface area contributed by atoms with E-state index in [1.54, 1.807) is 12.1 Å². The molecular formula is C28H32F6N4O3. The molecule has 0 atom stereocenters. The molecule has 13 heteroatoms. The summed E-state index contributed by atoms with van der Waals surface area (Å²) in [4.78, 5) is 31.9. The van der Waals surface area contributed by atoms with Crippen molar-refractivity contribution in [2.45, 2.75) is 51.0 Å². The summed E-state index contributed by atoms with van der Waals surface area (Å²) in [5.41, 5.74) is -3.43. The largest absolute Gasteiger partial charge is 0.481 e. The van der Waals surface area contributed by atoms with Gasteiger partial charge in [0.2, 0.25) is 11.8 Å². The van der Waals surface area contributed by atoms with Crippen LogP contribution >= 0.6 is 0 Å². The number of carbonyl (C=O) groups excluding carboxylic acids is 2. The first kappa shape index (κ1) is 30.6. The van der Waals surface area contributed by atoms with E-state index in [2.05, 4.69) is 20.5 Å². The number of ether oxygens (including phenoxy) is 1. The van der Waals surface area contributed by atoms with E-state index < -0.39 is 35.4 Å². The summed E-state index contributed by atoms with van der Waals surface area (Å²) in [6.07, 6.45) is -4.87. The second-order valence-electron chi connectivity index (χ2n) is 10.7. The SMILES string of the molecule is COc1ccc(C(=O)NCCN2CCC(CC3CC3)(C(=O)NCc3cc(C(F)(F)F)cc(C(F)(F)F)c3)CC2)cn1. The van der Waals surface area contributed by atoms with Crippen molar-refractivity contribution < 1.29 is 40.7 Å². The first-order chi connectivity index (χ1) is 19.3. The third-order valence-electron chi connectivity index (χ3n) is 7.69. The Morgan fingerprint density at radius 1 is 1.00 bits per heavy atom. The van der Waals surface area contributed by atoms with E-state index in [0.29, 0.717) is 74.9 Å². The lowest BCUT2D eigenvalue weighted by Gasteiger charge is -2.41. The molecule has 2 amide bonds. The molecule has 1 saturated heterocycles. The number of hydrogen-bond acceptors (Lipinski definition) is 5. The van der Waals surface area contributed by atoms with Crippen LogP contribution in [-0.2, 0) is 23.7 Å². The van der Waals surface area contributed by atoms with Gasteiger partial charge in [0, 0.05) is 31.9 Å². The molecule has 0 spiro atoms. The van der Waals surface area contributed by atoms with E-state index in [4.69, 9.17) is 4.74 Å². The van der Waals surface area contributed by atoms with Crippen molar-refractivity contribution >= 4 is 11.8 Å². The van der Waals surface area contributed by atoms with Crippen molar-refractivity contribution in [3.8, 4) is 5.88 Å². The van der Waals surface area contributed by atoms with Crippen LogP contribution in [0.1, 0.15) is 59.2 Å². The zero-order valence-electron chi connectivity index (χ0n) is 22.5. The fourth-order valence-electron chi connectivity index (χ4n) is 5.16. The smallest absolute Gasteiger partial charge is 0.416 e. The summed E-state index contributed by atoms with van der Waals surface area (Å²) in [7, 11) is 1.48. The summed E-state index contributed by atoms with van der Waals surface area (Å²) < 4.78 is 84.4. The lowest BCUT2D eigenvalue weighted by molar-refractivity contribution is -0.143. The Morgan fingerprint density at radius 3 is 2.15 bits per heavy atom. The van der Waals surface area contributed by atoms with Gasteiger partial charge >= 0.3 is 12.4 Å². The van der Waals surface area contributed by atoms with Crippen LogP contribution in [-0.4, -0.2) is 55.0 Å². The number of aromatic nitrogens is 1. The van der Waals surface area contributed by atoms with Gasteiger partial charge < -0.3 is 20.3 Å². The maximum absolute atomic E-state index is 13.4. The zero-order valence-corrected chi connectivity index (χ0v) is 22.5. The number of nitrogens with zero attached hydrogens (tertiary/aromatic N) is 2. The number of carbonyl (C=O) groups is 2. The van der Waals surface area contributed by atoms with Crippen LogP contribution in [0.25, 0.3) is 0 Å². The second-order valence-corrected chi connectivity index (χ2v) is 10.7. The lowest BCUT2D eigenvalue weighted by atomic mass is 9.73.